The van der Waals surface area contributed by atoms with Gasteiger partial charge in [-0.2, -0.15) is 0 Å². The van der Waals surface area contributed by atoms with E-state index in [1.807, 2.05) is 60.7 Å². The number of hydrogen-bond donors (Lipinski definition) is 0. The lowest BCUT2D eigenvalue weighted by Crippen LogP contribution is -2.19. The van der Waals surface area contributed by atoms with Crippen LogP contribution in [0.5, 0.6) is 0 Å². The van der Waals surface area contributed by atoms with E-state index < -0.39 is 0 Å². The number of aromatic nitrogens is 2. The first kappa shape index (κ1) is 19.3. The van der Waals surface area contributed by atoms with Gasteiger partial charge in [-0.25, -0.2) is 9.97 Å². The largest absolute Gasteiger partial charge is 0.306 e. The SMILES string of the molecule is Clc1ccc2nc(N(Cc3ccccc3)c3ccccc3)nc(-c3ccccc3)c2c1. The second-order valence-electron chi connectivity index (χ2n) is 7.31. The van der Waals surface area contributed by atoms with Crippen LogP contribution in [-0.4, -0.2) is 9.97 Å². The third kappa shape index (κ3) is 4.14. The van der Waals surface area contributed by atoms with Crippen LogP contribution in [0.15, 0.2) is 109 Å². The van der Waals surface area contributed by atoms with Crippen LogP contribution in [0.25, 0.3) is 22.2 Å². The normalized spacial score (nSPS) is 10.9. The average molecular weight is 422 g/mol. The van der Waals surface area contributed by atoms with E-state index in [0.29, 0.717) is 17.5 Å². The standard InChI is InChI=1S/C27H20ClN3/c28-22-16-17-25-24(18-22)26(21-12-6-2-7-13-21)30-27(29-25)31(23-14-8-3-9-15-23)19-20-10-4-1-5-11-20/h1-18H,19H2. The molecule has 0 saturated carbocycles. The molecule has 4 heteroatoms. The Bertz CT molecular complexity index is 1310. The minimum absolute atomic E-state index is 0.656. The average Bonchev–Trinajstić information content (AvgIpc) is 2.84. The third-order valence-corrected chi connectivity index (χ3v) is 5.42. The van der Waals surface area contributed by atoms with Crippen molar-refractivity contribution in [3.63, 3.8) is 0 Å². The van der Waals surface area contributed by atoms with E-state index in [-0.39, 0.29) is 0 Å². The van der Waals surface area contributed by atoms with Crippen LogP contribution in [0.1, 0.15) is 5.56 Å². The molecular formula is C27H20ClN3. The highest BCUT2D eigenvalue weighted by Crippen LogP contribution is 2.33. The molecule has 0 fully saturated rings. The molecule has 0 amide bonds. The molecule has 0 aliphatic rings. The number of benzene rings is 4. The van der Waals surface area contributed by atoms with Crippen LogP contribution in [0.3, 0.4) is 0 Å². The van der Waals surface area contributed by atoms with E-state index >= 15 is 0 Å². The highest BCUT2D eigenvalue weighted by atomic mass is 35.5. The van der Waals surface area contributed by atoms with Crippen LogP contribution < -0.4 is 4.90 Å². The Morgan fingerprint density at radius 3 is 2.03 bits per heavy atom. The van der Waals surface area contributed by atoms with Gasteiger partial charge in [0.05, 0.1) is 17.8 Å². The van der Waals surface area contributed by atoms with E-state index in [0.717, 1.165) is 27.8 Å². The van der Waals surface area contributed by atoms with Crippen molar-refractivity contribution in [2.24, 2.45) is 0 Å². The first-order chi connectivity index (χ1) is 15.3. The number of hydrogen-bond acceptors (Lipinski definition) is 3. The molecule has 1 aromatic heterocycles. The molecule has 5 rings (SSSR count). The summed E-state index contributed by atoms with van der Waals surface area (Å²) in [5.41, 5.74) is 5.00. The lowest BCUT2D eigenvalue weighted by Gasteiger charge is -2.24. The van der Waals surface area contributed by atoms with Crippen LogP contribution in [0.4, 0.5) is 11.6 Å². The van der Waals surface area contributed by atoms with E-state index in [9.17, 15) is 0 Å². The fraction of sp³-hybridized carbons (Fsp3) is 0.0370. The Labute approximate surface area is 186 Å². The Balaban J connectivity index is 1.71. The zero-order chi connectivity index (χ0) is 21.0. The summed E-state index contributed by atoms with van der Waals surface area (Å²) < 4.78 is 0. The Kier molecular flexibility index (Phi) is 5.34. The minimum atomic E-state index is 0.656. The quantitative estimate of drug-likeness (QED) is 0.298. The van der Waals surface area contributed by atoms with Gasteiger partial charge >= 0.3 is 0 Å². The maximum Gasteiger partial charge on any atom is 0.231 e. The number of fused-ring (bicyclic) bond motifs is 1. The topological polar surface area (TPSA) is 29.0 Å². The molecule has 0 bridgehead atoms. The summed E-state index contributed by atoms with van der Waals surface area (Å²) in [5.74, 6) is 0.656. The van der Waals surface area contributed by atoms with Gasteiger partial charge in [-0.3, -0.25) is 0 Å². The Morgan fingerprint density at radius 2 is 1.32 bits per heavy atom. The number of anilines is 2. The molecule has 0 aliphatic carbocycles. The monoisotopic (exact) mass is 421 g/mol. The van der Waals surface area contributed by atoms with Gasteiger partial charge < -0.3 is 4.90 Å². The molecule has 0 N–H and O–H groups in total. The van der Waals surface area contributed by atoms with Crippen molar-refractivity contribution in [3.05, 3.63) is 120 Å². The molecule has 0 aliphatic heterocycles. The molecule has 31 heavy (non-hydrogen) atoms. The summed E-state index contributed by atoms with van der Waals surface area (Å²) in [6.45, 7) is 0.665. The van der Waals surface area contributed by atoms with Gasteiger partial charge in [-0.05, 0) is 35.9 Å². The zero-order valence-corrected chi connectivity index (χ0v) is 17.6. The zero-order valence-electron chi connectivity index (χ0n) is 16.8. The Morgan fingerprint density at radius 1 is 0.677 bits per heavy atom. The summed E-state index contributed by atoms with van der Waals surface area (Å²) in [6, 6.07) is 36.6. The molecule has 0 saturated heterocycles. The highest BCUT2D eigenvalue weighted by molar-refractivity contribution is 6.31. The predicted octanol–water partition coefficient (Wildman–Crippen LogP) is 7.29. The molecule has 4 aromatic carbocycles. The van der Waals surface area contributed by atoms with Gasteiger partial charge in [0, 0.05) is 21.7 Å². The maximum atomic E-state index is 6.32. The first-order valence-electron chi connectivity index (χ1n) is 10.2. The molecule has 0 unspecified atom stereocenters. The van der Waals surface area contributed by atoms with Crippen molar-refractivity contribution < 1.29 is 0 Å². The summed E-state index contributed by atoms with van der Waals surface area (Å²) in [7, 11) is 0. The van der Waals surface area contributed by atoms with Gasteiger partial charge in [-0.15, -0.1) is 0 Å². The lowest BCUT2D eigenvalue weighted by molar-refractivity contribution is 0.921. The van der Waals surface area contributed by atoms with Crippen LogP contribution >= 0.6 is 11.6 Å². The minimum Gasteiger partial charge on any atom is -0.306 e. The van der Waals surface area contributed by atoms with Crippen LogP contribution in [-0.2, 0) is 6.54 Å². The van der Waals surface area contributed by atoms with Crippen molar-refractivity contribution in [1.82, 2.24) is 9.97 Å². The van der Waals surface area contributed by atoms with Gasteiger partial charge in [-0.1, -0.05) is 90.5 Å². The third-order valence-electron chi connectivity index (χ3n) is 5.19. The van der Waals surface area contributed by atoms with Crippen molar-refractivity contribution in [3.8, 4) is 11.3 Å². The lowest BCUT2D eigenvalue weighted by atomic mass is 10.1. The summed E-state index contributed by atoms with van der Waals surface area (Å²) in [5, 5.41) is 1.61. The molecule has 0 radical (unpaired) electrons. The van der Waals surface area contributed by atoms with Gasteiger partial charge in [0.2, 0.25) is 5.95 Å². The smallest absolute Gasteiger partial charge is 0.231 e. The number of halogens is 1. The van der Waals surface area contributed by atoms with Gasteiger partial charge in [0.25, 0.3) is 0 Å². The molecule has 3 nitrogen and oxygen atoms in total. The molecule has 0 spiro atoms. The van der Waals surface area contributed by atoms with Gasteiger partial charge in [0.15, 0.2) is 0 Å². The van der Waals surface area contributed by atoms with E-state index in [1.165, 1.54) is 5.56 Å². The molecule has 0 atom stereocenters. The highest BCUT2D eigenvalue weighted by Gasteiger charge is 2.17. The Hall–Kier alpha value is -3.69. The summed E-state index contributed by atoms with van der Waals surface area (Å²) in [4.78, 5) is 12.1. The van der Waals surface area contributed by atoms with Crippen LogP contribution in [0.2, 0.25) is 5.02 Å². The van der Waals surface area contributed by atoms with Crippen molar-refractivity contribution >= 4 is 34.1 Å². The predicted molar refractivity (Wildman–Crippen MR) is 129 cm³/mol. The number of nitrogens with zero attached hydrogens (tertiary/aromatic N) is 3. The fourth-order valence-electron chi connectivity index (χ4n) is 3.68. The number of para-hydroxylation sites is 1. The van der Waals surface area contributed by atoms with E-state index in [2.05, 4.69) is 53.4 Å². The number of rotatable bonds is 5. The van der Waals surface area contributed by atoms with Crippen LogP contribution in [0, 0.1) is 0 Å². The molecule has 150 valence electrons. The second kappa shape index (κ2) is 8.58. The summed E-state index contributed by atoms with van der Waals surface area (Å²) in [6.07, 6.45) is 0. The molecular weight excluding hydrogens is 402 g/mol. The van der Waals surface area contributed by atoms with Crippen molar-refractivity contribution in [1.29, 1.82) is 0 Å². The second-order valence-corrected chi connectivity index (χ2v) is 7.74. The van der Waals surface area contributed by atoms with Crippen molar-refractivity contribution in [2.75, 3.05) is 4.90 Å². The van der Waals surface area contributed by atoms with E-state index in [4.69, 9.17) is 21.6 Å². The molecule has 1 heterocycles. The van der Waals surface area contributed by atoms with E-state index in [1.54, 1.807) is 0 Å². The fourth-order valence-corrected chi connectivity index (χ4v) is 3.85. The van der Waals surface area contributed by atoms with Gasteiger partial charge in [0.1, 0.15) is 0 Å². The summed E-state index contributed by atoms with van der Waals surface area (Å²) >= 11 is 6.32. The van der Waals surface area contributed by atoms with Crippen molar-refractivity contribution in [2.45, 2.75) is 6.54 Å². The first-order valence-corrected chi connectivity index (χ1v) is 10.5. The molecule has 5 aromatic rings. The maximum absolute atomic E-state index is 6.32.